The van der Waals surface area contributed by atoms with Gasteiger partial charge in [0.1, 0.15) is 5.60 Å². The van der Waals surface area contributed by atoms with Crippen molar-refractivity contribution < 1.29 is 9.90 Å². The van der Waals surface area contributed by atoms with Gasteiger partial charge < -0.3 is 15.7 Å². The normalized spacial score (nSPS) is 27.5. The second-order valence-electron chi connectivity index (χ2n) is 11.0. The first-order chi connectivity index (χ1) is 17.0. The number of benzene rings is 2. The Morgan fingerprint density at radius 2 is 1.40 bits per heavy atom. The molecule has 0 unspecified atom stereocenters. The van der Waals surface area contributed by atoms with Gasteiger partial charge in [-0.05, 0) is 88.3 Å². The smallest absolute Gasteiger partial charge is 0.315 e. The van der Waals surface area contributed by atoms with Gasteiger partial charge in [0.05, 0.1) is 6.04 Å². The zero-order valence-corrected chi connectivity index (χ0v) is 21.0. The van der Waals surface area contributed by atoms with Gasteiger partial charge in [-0.3, -0.25) is 4.90 Å². The van der Waals surface area contributed by atoms with E-state index in [-0.39, 0.29) is 12.1 Å². The third kappa shape index (κ3) is 5.26. The van der Waals surface area contributed by atoms with Crippen LogP contribution in [0.5, 0.6) is 0 Å². The predicted molar refractivity (Wildman–Crippen MR) is 140 cm³/mol. The molecule has 2 aromatic rings. The summed E-state index contributed by atoms with van der Waals surface area (Å²) in [6.07, 6.45) is 11.4. The monoisotopic (exact) mass is 475 g/mol. The quantitative estimate of drug-likeness (QED) is 0.493. The van der Waals surface area contributed by atoms with Crippen LogP contribution >= 0.6 is 0 Å². The van der Waals surface area contributed by atoms with Crippen molar-refractivity contribution in [3.8, 4) is 0 Å². The Kier molecular flexibility index (Phi) is 7.45. The zero-order chi connectivity index (χ0) is 24.3. The van der Waals surface area contributed by atoms with E-state index in [1.165, 1.54) is 51.5 Å². The summed E-state index contributed by atoms with van der Waals surface area (Å²) in [5.41, 5.74) is 0.226. The Hall–Kier alpha value is -2.37. The number of aliphatic hydroxyl groups is 1. The molecule has 2 saturated heterocycles. The Labute approximate surface area is 210 Å². The minimum Gasteiger partial charge on any atom is -0.378 e. The standard InChI is InChI=1S/C30H41N3O2/c1-22(30(35,24-8-4-2-5-9-24)25-10-6-3-7-11-25)31-29(34)32-26-14-12-23(13-15-26)20-21-33-27-16-17-28(33)19-18-27/h2-11,22-23,26-28,35H,12-21H2,1H3,(H2,31,32,34)/t22-,23?,26?,27-,28-/m0/s1. The minimum atomic E-state index is -1.31. The molecule has 0 aromatic heterocycles. The summed E-state index contributed by atoms with van der Waals surface area (Å²) >= 11 is 0. The molecular formula is C30H41N3O2. The van der Waals surface area contributed by atoms with Crippen molar-refractivity contribution in [1.82, 2.24) is 15.5 Å². The van der Waals surface area contributed by atoms with Gasteiger partial charge >= 0.3 is 6.03 Å². The fourth-order valence-corrected chi connectivity index (χ4v) is 6.89. The largest absolute Gasteiger partial charge is 0.378 e. The van der Waals surface area contributed by atoms with Gasteiger partial charge in [0, 0.05) is 18.1 Å². The van der Waals surface area contributed by atoms with E-state index < -0.39 is 11.6 Å². The summed E-state index contributed by atoms with van der Waals surface area (Å²) < 4.78 is 0. The SMILES string of the molecule is C[C@H](NC(=O)NC1CCC(CCN2[C@H]3CC[C@H]2CC3)CC1)C(O)(c1ccccc1)c1ccccc1. The number of hydrogen-bond acceptors (Lipinski definition) is 3. The summed E-state index contributed by atoms with van der Waals surface area (Å²) in [6.45, 7) is 3.15. The number of hydrogen-bond donors (Lipinski definition) is 3. The molecule has 2 aliphatic heterocycles. The molecule has 5 nitrogen and oxygen atoms in total. The van der Waals surface area contributed by atoms with Crippen LogP contribution in [0.2, 0.25) is 0 Å². The van der Waals surface area contributed by atoms with Crippen LogP contribution < -0.4 is 10.6 Å². The molecule has 0 spiro atoms. The van der Waals surface area contributed by atoms with Crippen LogP contribution in [-0.2, 0) is 5.60 Å². The first-order valence-electron chi connectivity index (χ1n) is 13.7. The van der Waals surface area contributed by atoms with Crippen molar-refractivity contribution in [3.05, 3.63) is 71.8 Å². The lowest BCUT2D eigenvalue weighted by Crippen LogP contribution is -2.54. The highest BCUT2D eigenvalue weighted by Crippen LogP contribution is 2.38. The molecule has 5 heteroatoms. The van der Waals surface area contributed by atoms with E-state index in [9.17, 15) is 9.90 Å². The molecule has 2 bridgehead atoms. The van der Waals surface area contributed by atoms with Crippen molar-refractivity contribution in [1.29, 1.82) is 0 Å². The van der Waals surface area contributed by atoms with Crippen LogP contribution in [0.1, 0.15) is 75.8 Å². The molecule has 1 atom stereocenters. The van der Waals surface area contributed by atoms with E-state index in [1.54, 1.807) is 0 Å². The van der Waals surface area contributed by atoms with E-state index in [0.717, 1.165) is 42.0 Å². The van der Waals surface area contributed by atoms with Gasteiger partial charge in [-0.1, -0.05) is 60.7 Å². The lowest BCUT2D eigenvalue weighted by atomic mass is 9.81. The second-order valence-corrected chi connectivity index (χ2v) is 11.0. The second kappa shape index (κ2) is 10.7. The van der Waals surface area contributed by atoms with E-state index in [1.807, 2.05) is 67.6 Å². The molecule has 2 aromatic carbocycles. The van der Waals surface area contributed by atoms with Crippen LogP contribution in [0, 0.1) is 5.92 Å². The molecular weight excluding hydrogens is 434 g/mol. The van der Waals surface area contributed by atoms with Crippen LogP contribution in [0.4, 0.5) is 4.79 Å². The van der Waals surface area contributed by atoms with Gasteiger partial charge in [-0.2, -0.15) is 0 Å². The molecule has 1 saturated carbocycles. The molecule has 2 heterocycles. The Balaban J connectivity index is 1.13. The molecule has 2 amide bonds. The van der Waals surface area contributed by atoms with Crippen LogP contribution in [0.15, 0.2) is 60.7 Å². The number of rotatable bonds is 8. The first-order valence-corrected chi connectivity index (χ1v) is 13.7. The van der Waals surface area contributed by atoms with Gasteiger partial charge in [-0.25, -0.2) is 4.79 Å². The number of nitrogens with zero attached hydrogens (tertiary/aromatic N) is 1. The number of fused-ring (bicyclic) bond motifs is 2. The first kappa shape index (κ1) is 24.3. The minimum absolute atomic E-state index is 0.195. The molecule has 5 rings (SSSR count). The maximum atomic E-state index is 13.0. The number of amides is 2. The van der Waals surface area contributed by atoms with E-state index in [4.69, 9.17) is 0 Å². The topological polar surface area (TPSA) is 64.6 Å². The number of carbonyl (C=O) groups is 1. The summed E-state index contributed by atoms with van der Waals surface area (Å²) in [4.78, 5) is 15.7. The molecule has 0 radical (unpaired) electrons. The highest BCUT2D eigenvalue weighted by molar-refractivity contribution is 5.75. The fraction of sp³-hybridized carbons (Fsp3) is 0.567. The molecule has 35 heavy (non-hydrogen) atoms. The van der Waals surface area contributed by atoms with Crippen LogP contribution in [0.3, 0.4) is 0 Å². The van der Waals surface area contributed by atoms with Crippen LogP contribution in [0.25, 0.3) is 0 Å². The van der Waals surface area contributed by atoms with Crippen molar-refractivity contribution in [2.45, 2.75) is 94.5 Å². The van der Waals surface area contributed by atoms with E-state index >= 15 is 0 Å². The summed E-state index contributed by atoms with van der Waals surface area (Å²) in [5, 5.41) is 18.1. The summed E-state index contributed by atoms with van der Waals surface area (Å²) in [6, 6.07) is 20.5. The number of nitrogens with one attached hydrogen (secondary N) is 2. The van der Waals surface area contributed by atoms with Crippen molar-refractivity contribution >= 4 is 6.03 Å². The van der Waals surface area contributed by atoms with Gasteiger partial charge in [0.25, 0.3) is 0 Å². The predicted octanol–water partition coefficient (Wildman–Crippen LogP) is 5.19. The van der Waals surface area contributed by atoms with Crippen molar-refractivity contribution in [2.75, 3.05) is 6.54 Å². The lowest BCUT2D eigenvalue weighted by Gasteiger charge is -2.36. The average Bonchev–Trinajstić information content (AvgIpc) is 3.48. The molecule has 3 fully saturated rings. The van der Waals surface area contributed by atoms with Gasteiger partial charge in [0.15, 0.2) is 0 Å². The average molecular weight is 476 g/mol. The highest BCUT2D eigenvalue weighted by Gasteiger charge is 2.40. The van der Waals surface area contributed by atoms with Crippen molar-refractivity contribution in [3.63, 3.8) is 0 Å². The molecule has 3 N–H and O–H groups in total. The Morgan fingerprint density at radius 3 is 1.91 bits per heavy atom. The highest BCUT2D eigenvalue weighted by atomic mass is 16.3. The lowest BCUT2D eigenvalue weighted by molar-refractivity contribution is 0.0470. The molecule has 188 valence electrons. The third-order valence-electron chi connectivity index (χ3n) is 8.98. The number of urea groups is 1. The van der Waals surface area contributed by atoms with Gasteiger partial charge in [0.2, 0.25) is 0 Å². The van der Waals surface area contributed by atoms with Gasteiger partial charge in [-0.15, -0.1) is 0 Å². The van der Waals surface area contributed by atoms with E-state index in [2.05, 4.69) is 15.5 Å². The summed E-state index contributed by atoms with van der Waals surface area (Å²) in [5.74, 6) is 0.788. The van der Waals surface area contributed by atoms with Crippen molar-refractivity contribution in [2.24, 2.45) is 5.92 Å². The molecule has 1 aliphatic carbocycles. The fourth-order valence-electron chi connectivity index (χ4n) is 6.89. The van der Waals surface area contributed by atoms with Crippen LogP contribution in [-0.4, -0.2) is 46.7 Å². The summed E-state index contributed by atoms with van der Waals surface area (Å²) in [7, 11) is 0. The maximum absolute atomic E-state index is 13.0. The van der Waals surface area contributed by atoms with E-state index in [0.29, 0.717) is 0 Å². The Bertz CT molecular complexity index is 899. The maximum Gasteiger partial charge on any atom is 0.315 e. The Morgan fingerprint density at radius 1 is 0.886 bits per heavy atom. The third-order valence-corrected chi connectivity index (χ3v) is 8.98. The molecule has 3 aliphatic rings. The number of carbonyl (C=O) groups excluding carboxylic acids is 1. The zero-order valence-electron chi connectivity index (χ0n) is 21.0.